The third-order valence-electron chi connectivity index (χ3n) is 2.62. The van der Waals surface area contributed by atoms with Gasteiger partial charge in [0.15, 0.2) is 0 Å². The fraction of sp³-hybridized carbons (Fsp3) is 0.900. The minimum absolute atomic E-state index is 0.109. The van der Waals surface area contributed by atoms with Crippen molar-refractivity contribution in [2.24, 2.45) is 5.92 Å². The van der Waals surface area contributed by atoms with Gasteiger partial charge in [0.2, 0.25) is 0 Å². The number of carbonyl (C=O) groups is 1. The zero-order chi connectivity index (χ0) is 13.5. The summed E-state index contributed by atoms with van der Waals surface area (Å²) in [5.41, 5.74) is 0. The summed E-state index contributed by atoms with van der Waals surface area (Å²) in [5.74, 6) is -1.27. The molecule has 17 heavy (non-hydrogen) atoms. The lowest BCUT2D eigenvalue weighted by atomic mass is 9.98. The summed E-state index contributed by atoms with van der Waals surface area (Å²) in [6.45, 7) is 1.51. The van der Waals surface area contributed by atoms with Gasteiger partial charge in [-0.15, -0.1) is 0 Å². The Labute approximate surface area is 101 Å². The number of carboxylic acid groups (broad SMARTS) is 1. The van der Waals surface area contributed by atoms with E-state index in [1.807, 2.05) is 0 Å². The lowest BCUT2D eigenvalue weighted by Gasteiger charge is -2.20. The highest BCUT2D eigenvalue weighted by Crippen LogP contribution is 2.39. The second-order valence-electron chi connectivity index (χ2n) is 4.34. The van der Waals surface area contributed by atoms with Gasteiger partial charge in [0.25, 0.3) is 0 Å². The maximum Gasteiger partial charge on any atom is 0.325 e. The molecular formula is C10H21O6P. The van der Waals surface area contributed by atoms with Gasteiger partial charge in [-0.2, -0.15) is 0 Å². The topological polar surface area (TPSA) is 115 Å². The van der Waals surface area contributed by atoms with Gasteiger partial charge in [0.1, 0.15) is 0 Å². The second kappa shape index (κ2) is 7.82. The number of hydrogen-bond acceptors (Lipinski definition) is 3. The highest BCUT2D eigenvalue weighted by atomic mass is 31.2. The average molecular weight is 268 g/mol. The van der Waals surface area contributed by atoms with Gasteiger partial charge in [0, 0.05) is 6.42 Å². The van der Waals surface area contributed by atoms with Crippen molar-refractivity contribution in [1.82, 2.24) is 0 Å². The maximum absolute atomic E-state index is 10.8. The van der Waals surface area contributed by atoms with Crippen LogP contribution in [0.2, 0.25) is 0 Å². The molecule has 0 spiro atoms. The van der Waals surface area contributed by atoms with Crippen LogP contribution < -0.4 is 0 Å². The van der Waals surface area contributed by atoms with Gasteiger partial charge >= 0.3 is 13.6 Å². The summed E-state index contributed by atoms with van der Waals surface area (Å²) >= 11 is 0. The Morgan fingerprint density at radius 2 is 1.82 bits per heavy atom. The van der Waals surface area contributed by atoms with E-state index in [1.54, 1.807) is 0 Å². The molecule has 0 heterocycles. The minimum atomic E-state index is -4.10. The molecule has 7 heteroatoms. The third-order valence-corrected chi connectivity index (χ3v) is 3.56. The van der Waals surface area contributed by atoms with Crippen molar-refractivity contribution < 1.29 is 29.4 Å². The quantitative estimate of drug-likeness (QED) is 0.369. The normalized spacial score (nSPS) is 15.5. The molecule has 0 aromatic rings. The predicted molar refractivity (Wildman–Crippen MR) is 62.8 cm³/mol. The molecule has 0 aliphatic rings. The highest BCUT2D eigenvalue weighted by Gasteiger charge is 2.24. The molecule has 0 aliphatic carbocycles. The first-order chi connectivity index (χ1) is 7.72. The molecule has 2 atom stereocenters. The molecule has 0 saturated heterocycles. The van der Waals surface area contributed by atoms with Gasteiger partial charge in [-0.05, 0) is 25.7 Å². The van der Waals surface area contributed by atoms with E-state index in [2.05, 4.69) is 0 Å². The van der Waals surface area contributed by atoms with Crippen LogP contribution in [-0.2, 0) is 9.36 Å². The average Bonchev–Trinajstić information content (AvgIpc) is 2.12. The molecule has 0 amide bonds. The van der Waals surface area contributed by atoms with Crippen LogP contribution in [0.5, 0.6) is 0 Å². The second-order valence-corrected chi connectivity index (χ2v) is 6.04. The molecule has 0 saturated carbocycles. The predicted octanol–water partition coefficient (Wildman–Crippen LogP) is 1.20. The number of aliphatic carboxylic acids is 1. The van der Waals surface area contributed by atoms with Crippen molar-refractivity contribution in [3.8, 4) is 0 Å². The van der Waals surface area contributed by atoms with Crippen molar-refractivity contribution in [3.05, 3.63) is 0 Å². The van der Waals surface area contributed by atoms with Crippen LogP contribution in [0.4, 0.5) is 0 Å². The van der Waals surface area contributed by atoms with Crippen molar-refractivity contribution in [2.45, 2.75) is 45.1 Å². The van der Waals surface area contributed by atoms with E-state index < -0.39 is 25.6 Å². The zero-order valence-corrected chi connectivity index (χ0v) is 10.8. The van der Waals surface area contributed by atoms with Crippen LogP contribution in [0.1, 0.15) is 39.0 Å². The highest BCUT2D eigenvalue weighted by molar-refractivity contribution is 7.51. The van der Waals surface area contributed by atoms with Gasteiger partial charge in [0.05, 0.1) is 12.3 Å². The summed E-state index contributed by atoms with van der Waals surface area (Å²) < 4.78 is 10.8. The Kier molecular flexibility index (Phi) is 7.63. The van der Waals surface area contributed by atoms with E-state index in [9.17, 15) is 14.5 Å². The fourth-order valence-corrected chi connectivity index (χ4v) is 2.75. The van der Waals surface area contributed by atoms with Gasteiger partial charge in [-0.1, -0.05) is 12.8 Å². The Morgan fingerprint density at radius 3 is 2.24 bits per heavy atom. The summed E-state index contributed by atoms with van der Waals surface area (Å²) in [5, 5.41) is 17.8. The standard InChI is InChI=1S/C10H21O6P/c1-8(11)9(7-17(14,15)16)5-3-2-4-6-10(12)13/h8-9,11H,2-7H2,1H3,(H,12,13)(H2,14,15,16). The number of hydrogen-bond donors (Lipinski definition) is 4. The van der Waals surface area contributed by atoms with Gasteiger partial charge < -0.3 is 20.0 Å². The van der Waals surface area contributed by atoms with E-state index in [0.29, 0.717) is 25.7 Å². The maximum atomic E-state index is 10.8. The first-order valence-corrected chi connectivity index (χ1v) is 7.46. The van der Waals surface area contributed by atoms with Crippen molar-refractivity contribution in [3.63, 3.8) is 0 Å². The van der Waals surface area contributed by atoms with E-state index in [0.717, 1.165) is 0 Å². The molecule has 0 bridgehead atoms. The number of carboxylic acids is 1. The minimum Gasteiger partial charge on any atom is -0.481 e. The lowest BCUT2D eigenvalue weighted by molar-refractivity contribution is -0.137. The van der Waals surface area contributed by atoms with Crippen LogP contribution in [-0.4, -0.2) is 38.2 Å². The largest absolute Gasteiger partial charge is 0.481 e. The molecule has 0 rings (SSSR count). The van der Waals surface area contributed by atoms with Crippen LogP contribution >= 0.6 is 7.60 Å². The number of rotatable bonds is 9. The molecule has 4 N–H and O–H groups in total. The fourth-order valence-electron chi connectivity index (χ4n) is 1.65. The smallest absolute Gasteiger partial charge is 0.325 e. The first-order valence-electron chi connectivity index (χ1n) is 5.67. The molecule has 0 fully saturated rings. The van der Waals surface area contributed by atoms with Crippen LogP contribution in [0.3, 0.4) is 0 Å². The molecule has 0 aromatic carbocycles. The Morgan fingerprint density at radius 1 is 1.24 bits per heavy atom. The monoisotopic (exact) mass is 268 g/mol. The van der Waals surface area contributed by atoms with Crippen LogP contribution in [0, 0.1) is 5.92 Å². The molecule has 102 valence electrons. The molecule has 6 nitrogen and oxygen atoms in total. The molecule has 2 unspecified atom stereocenters. The summed E-state index contributed by atoms with van der Waals surface area (Å²) in [6, 6.07) is 0. The Hall–Kier alpha value is -0.420. The van der Waals surface area contributed by atoms with Crippen molar-refractivity contribution in [1.29, 1.82) is 0 Å². The SMILES string of the molecule is CC(O)C(CCCCCC(=O)O)CP(=O)(O)O. The van der Waals surface area contributed by atoms with E-state index in [-0.39, 0.29) is 12.6 Å². The molecule has 0 radical (unpaired) electrons. The number of aliphatic hydroxyl groups is 1. The molecule has 0 aromatic heterocycles. The van der Waals surface area contributed by atoms with Gasteiger partial charge in [-0.3, -0.25) is 9.36 Å². The van der Waals surface area contributed by atoms with Crippen molar-refractivity contribution in [2.75, 3.05) is 6.16 Å². The third kappa shape index (κ3) is 10.5. The van der Waals surface area contributed by atoms with E-state index in [4.69, 9.17) is 14.9 Å². The summed E-state index contributed by atoms with van der Waals surface area (Å²) in [6.07, 6.45) is 1.45. The molecule has 0 aliphatic heterocycles. The van der Waals surface area contributed by atoms with E-state index in [1.165, 1.54) is 6.92 Å². The molecular weight excluding hydrogens is 247 g/mol. The Bertz CT molecular complexity index is 272. The Balaban J connectivity index is 3.86. The van der Waals surface area contributed by atoms with E-state index >= 15 is 0 Å². The zero-order valence-electron chi connectivity index (χ0n) is 9.95. The lowest BCUT2D eigenvalue weighted by Crippen LogP contribution is -2.20. The summed E-state index contributed by atoms with van der Waals surface area (Å²) in [7, 11) is -4.10. The summed E-state index contributed by atoms with van der Waals surface area (Å²) in [4.78, 5) is 27.9. The first kappa shape index (κ1) is 16.6. The number of unbranched alkanes of at least 4 members (excludes halogenated alkanes) is 2. The van der Waals surface area contributed by atoms with Crippen LogP contribution in [0.15, 0.2) is 0 Å². The van der Waals surface area contributed by atoms with Crippen LogP contribution in [0.25, 0.3) is 0 Å². The van der Waals surface area contributed by atoms with Gasteiger partial charge in [-0.25, -0.2) is 0 Å². The number of aliphatic hydroxyl groups excluding tert-OH is 1. The van der Waals surface area contributed by atoms with Crippen molar-refractivity contribution >= 4 is 13.6 Å².